The number of benzene rings is 1. The molecule has 1 saturated carbocycles. The summed E-state index contributed by atoms with van der Waals surface area (Å²) in [6.45, 7) is 0.625. The standard InChI is InChI=1S/C15H20BrFN2O/c1-18(2)15(8-5-9-15)10-19(3)14(20)13-11(16)6-4-7-12(13)17/h4,6-7H,5,8-10H2,1-3H3. The van der Waals surface area contributed by atoms with Gasteiger partial charge in [0, 0.05) is 23.6 Å². The molecule has 0 saturated heterocycles. The minimum absolute atomic E-state index is 0.0438. The minimum Gasteiger partial charge on any atom is -0.340 e. The first-order chi connectivity index (χ1) is 9.37. The van der Waals surface area contributed by atoms with Crippen molar-refractivity contribution in [2.45, 2.75) is 24.8 Å². The van der Waals surface area contributed by atoms with Crippen molar-refractivity contribution in [2.75, 3.05) is 27.7 Å². The van der Waals surface area contributed by atoms with Crippen molar-refractivity contribution in [1.82, 2.24) is 9.80 Å². The van der Waals surface area contributed by atoms with Gasteiger partial charge in [0.1, 0.15) is 5.82 Å². The van der Waals surface area contributed by atoms with Gasteiger partial charge in [-0.15, -0.1) is 0 Å². The third kappa shape index (κ3) is 2.74. The molecule has 1 fully saturated rings. The Hall–Kier alpha value is -0.940. The van der Waals surface area contributed by atoms with Crippen molar-refractivity contribution >= 4 is 21.8 Å². The second kappa shape index (κ2) is 5.82. The lowest BCUT2D eigenvalue weighted by atomic mass is 9.75. The molecular weight excluding hydrogens is 323 g/mol. The molecule has 3 nitrogen and oxygen atoms in total. The first-order valence-corrected chi connectivity index (χ1v) is 7.53. The third-order valence-corrected chi connectivity index (χ3v) is 4.95. The number of halogens is 2. The molecule has 0 bridgehead atoms. The molecule has 2 rings (SSSR count). The zero-order chi connectivity index (χ0) is 14.9. The second-order valence-corrected chi connectivity index (χ2v) is 6.58. The van der Waals surface area contributed by atoms with Crippen LogP contribution in [0.25, 0.3) is 0 Å². The summed E-state index contributed by atoms with van der Waals surface area (Å²) in [4.78, 5) is 16.3. The minimum atomic E-state index is -0.483. The summed E-state index contributed by atoms with van der Waals surface area (Å²) in [6, 6.07) is 4.59. The largest absolute Gasteiger partial charge is 0.340 e. The van der Waals surface area contributed by atoms with Crippen LogP contribution in [-0.2, 0) is 0 Å². The smallest absolute Gasteiger partial charge is 0.257 e. The first kappa shape index (κ1) is 15.4. The van der Waals surface area contributed by atoms with Crippen molar-refractivity contribution in [3.8, 4) is 0 Å². The number of carbonyl (C=O) groups is 1. The summed E-state index contributed by atoms with van der Waals surface area (Å²) in [5.41, 5.74) is 0.158. The third-order valence-electron chi connectivity index (χ3n) is 4.29. The van der Waals surface area contributed by atoms with Crippen LogP contribution in [0, 0.1) is 5.82 Å². The zero-order valence-electron chi connectivity index (χ0n) is 12.1. The summed E-state index contributed by atoms with van der Waals surface area (Å²) in [7, 11) is 5.82. The van der Waals surface area contributed by atoms with Crippen LogP contribution in [0.4, 0.5) is 4.39 Å². The average Bonchev–Trinajstić information content (AvgIpc) is 2.32. The number of amides is 1. The Morgan fingerprint density at radius 2 is 2.00 bits per heavy atom. The van der Waals surface area contributed by atoms with E-state index in [1.807, 2.05) is 14.1 Å². The number of likely N-dealkylation sites (N-methyl/N-ethyl adjacent to an activating group) is 2. The number of rotatable bonds is 4. The zero-order valence-corrected chi connectivity index (χ0v) is 13.7. The molecule has 1 aromatic rings. The highest BCUT2D eigenvalue weighted by Crippen LogP contribution is 2.37. The average molecular weight is 343 g/mol. The molecule has 0 radical (unpaired) electrons. The lowest BCUT2D eigenvalue weighted by molar-refractivity contribution is 0.0250. The van der Waals surface area contributed by atoms with Gasteiger partial charge in [0.25, 0.3) is 5.91 Å². The van der Waals surface area contributed by atoms with Gasteiger partial charge < -0.3 is 9.80 Å². The monoisotopic (exact) mass is 342 g/mol. The van der Waals surface area contributed by atoms with Gasteiger partial charge >= 0.3 is 0 Å². The summed E-state index contributed by atoms with van der Waals surface area (Å²) >= 11 is 3.26. The van der Waals surface area contributed by atoms with Gasteiger partial charge in [-0.1, -0.05) is 6.07 Å². The van der Waals surface area contributed by atoms with Crippen LogP contribution in [0.3, 0.4) is 0 Å². The van der Waals surface area contributed by atoms with E-state index >= 15 is 0 Å². The predicted octanol–water partition coefficient (Wildman–Crippen LogP) is 3.14. The van der Waals surface area contributed by atoms with Crippen LogP contribution in [0.2, 0.25) is 0 Å². The maximum Gasteiger partial charge on any atom is 0.257 e. The Morgan fingerprint density at radius 3 is 2.45 bits per heavy atom. The molecule has 0 aliphatic heterocycles. The predicted molar refractivity (Wildman–Crippen MR) is 81.3 cm³/mol. The highest BCUT2D eigenvalue weighted by molar-refractivity contribution is 9.10. The van der Waals surface area contributed by atoms with Crippen molar-refractivity contribution in [2.24, 2.45) is 0 Å². The Morgan fingerprint density at radius 1 is 1.35 bits per heavy atom. The lowest BCUT2D eigenvalue weighted by Crippen LogP contribution is -2.57. The van der Waals surface area contributed by atoms with Crippen LogP contribution >= 0.6 is 15.9 Å². The van der Waals surface area contributed by atoms with E-state index in [4.69, 9.17) is 0 Å². The molecule has 0 spiro atoms. The summed E-state index contributed by atoms with van der Waals surface area (Å²) < 4.78 is 14.4. The van der Waals surface area contributed by atoms with Gasteiger partial charge in [-0.2, -0.15) is 0 Å². The van der Waals surface area contributed by atoms with Gasteiger partial charge in [0.15, 0.2) is 0 Å². The van der Waals surface area contributed by atoms with Gasteiger partial charge in [-0.05, 0) is 61.4 Å². The van der Waals surface area contributed by atoms with Crippen LogP contribution < -0.4 is 0 Å². The number of hydrogen-bond acceptors (Lipinski definition) is 2. The van der Waals surface area contributed by atoms with E-state index in [9.17, 15) is 9.18 Å². The van der Waals surface area contributed by atoms with Crippen LogP contribution in [0.15, 0.2) is 22.7 Å². The van der Waals surface area contributed by atoms with E-state index in [1.165, 1.54) is 12.5 Å². The van der Waals surface area contributed by atoms with Crippen LogP contribution in [0.1, 0.15) is 29.6 Å². The topological polar surface area (TPSA) is 23.6 Å². The molecule has 1 amide bonds. The Labute approximate surface area is 127 Å². The Bertz CT molecular complexity index is 494. The summed E-state index contributed by atoms with van der Waals surface area (Å²) in [6.07, 6.45) is 3.34. The van der Waals surface area contributed by atoms with Gasteiger partial charge in [-0.3, -0.25) is 4.79 Å². The SMILES string of the molecule is CN(CC1(N(C)C)CCC1)C(=O)c1c(F)cccc1Br. The first-order valence-electron chi connectivity index (χ1n) is 6.74. The quantitative estimate of drug-likeness (QED) is 0.839. The van der Waals surface area contributed by atoms with Gasteiger partial charge in [0.2, 0.25) is 0 Å². The van der Waals surface area contributed by atoms with E-state index in [2.05, 4.69) is 20.8 Å². The highest BCUT2D eigenvalue weighted by Gasteiger charge is 2.41. The van der Waals surface area contributed by atoms with Crippen LogP contribution in [0.5, 0.6) is 0 Å². The summed E-state index contributed by atoms with van der Waals surface area (Å²) in [5, 5.41) is 0. The molecule has 0 unspecified atom stereocenters. The lowest BCUT2D eigenvalue weighted by Gasteiger charge is -2.49. The molecule has 0 heterocycles. The van der Waals surface area contributed by atoms with E-state index < -0.39 is 5.82 Å². The Balaban J connectivity index is 2.17. The number of carbonyl (C=O) groups excluding carboxylic acids is 1. The van der Waals surface area contributed by atoms with Crippen molar-refractivity contribution in [3.05, 3.63) is 34.1 Å². The van der Waals surface area contributed by atoms with Crippen molar-refractivity contribution < 1.29 is 9.18 Å². The van der Waals surface area contributed by atoms with Crippen LogP contribution in [-0.4, -0.2) is 48.9 Å². The fourth-order valence-corrected chi connectivity index (χ4v) is 3.25. The van der Waals surface area contributed by atoms with Gasteiger partial charge in [-0.25, -0.2) is 4.39 Å². The summed E-state index contributed by atoms with van der Waals surface area (Å²) in [5.74, 6) is -0.758. The normalized spacial score (nSPS) is 16.9. The molecule has 1 aliphatic rings. The molecule has 1 aromatic carbocycles. The van der Waals surface area contributed by atoms with E-state index in [1.54, 1.807) is 24.1 Å². The number of nitrogens with zero attached hydrogens (tertiary/aromatic N) is 2. The van der Waals surface area contributed by atoms with E-state index in [0.717, 1.165) is 12.8 Å². The fourth-order valence-electron chi connectivity index (χ4n) is 2.74. The van der Waals surface area contributed by atoms with Crippen molar-refractivity contribution in [3.63, 3.8) is 0 Å². The molecule has 0 atom stereocenters. The highest BCUT2D eigenvalue weighted by atomic mass is 79.9. The maximum absolute atomic E-state index is 13.9. The second-order valence-electron chi connectivity index (χ2n) is 5.73. The Kier molecular flexibility index (Phi) is 4.49. The maximum atomic E-state index is 13.9. The molecular formula is C15H20BrFN2O. The molecule has 1 aliphatic carbocycles. The fraction of sp³-hybridized carbons (Fsp3) is 0.533. The molecule has 0 aromatic heterocycles. The molecule has 5 heteroatoms. The molecule has 110 valence electrons. The van der Waals surface area contributed by atoms with E-state index in [0.29, 0.717) is 11.0 Å². The molecule has 0 N–H and O–H groups in total. The number of hydrogen-bond donors (Lipinski definition) is 0. The van der Waals surface area contributed by atoms with E-state index in [-0.39, 0.29) is 17.0 Å². The van der Waals surface area contributed by atoms with Crippen molar-refractivity contribution in [1.29, 1.82) is 0 Å². The molecule has 20 heavy (non-hydrogen) atoms. The van der Waals surface area contributed by atoms with Gasteiger partial charge in [0.05, 0.1) is 5.56 Å².